The molecule has 5 aliphatic rings. The lowest BCUT2D eigenvalue weighted by Crippen LogP contribution is -2.60. The molecule has 6 atom stereocenters. The molecular formula is C16H26N4O4. The van der Waals surface area contributed by atoms with Crippen LogP contribution >= 0.6 is 0 Å². The molecule has 4 saturated heterocycles. The summed E-state index contributed by atoms with van der Waals surface area (Å²) in [6.07, 6.45) is 1.42. The van der Waals surface area contributed by atoms with Crippen LogP contribution in [0.15, 0.2) is 0 Å². The van der Waals surface area contributed by atoms with E-state index in [0.29, 0.717) is 25.5 Å². The van der Waals surface area contributed by atoms with Crippen LogP contribution in [0.5, 0.6) is 0 Å². The van der Waals surface area contributed by atoms with Crippen LogP contribution in [0.1, 0.15) is 26.7 Å². The third-order valence-corrected chi connectivity index (χ3v) is 6.22. The van der Waals surface area contributed by atoms with Gasteiger partial charge in [0, 0.05) is 40.2 Å². The minimum atomic E-state index is -0.172. The molecule has 5 rings (SSSR count). The summed E-state index contributed by atoms with van der Waals surface area (Å²) in [6.45, 7) is 4.19. The molecule has 5 fully saturated rings. The van der Waals surface area contributed by atoms with Crippen LogP contribution in [0.2, 0.25) is 0 Å². The van der Waals surface area contributed by atoms with Crippen LogP contribution in [0.25, 0.3) is 0 Å². The first-order chi connectivity index (χ1) is 11.5. The number of carbonyl (C=O) groups is 2. The van der Waals surface area contributed by atoms with Gasteiger partial charge in [-0.2, -0.15) is 0 Å². The van der Waals surface area contributed by atoms with Crippen LogP contribution in [0.3, 0.4) is 0 Å². The van der Waals surface area contributed by atoms with Gasteiger partial charge in [-0.05, 0) is 12.8 Å². The fourth-order valence-electron chi connectivity index (χ4n) is 5.65. The third kappa shape index (κ3) is 1.94. The van der Waals surface area contributed by atoms with Crippen molar-refractivity contribution in [1.82, 2.24) is 19.6 Å². The van der Waals surface area contributed by atoms with Crippen LogP contribution in [-0.4, -0.2) is 95.6 Å². The van der Waals surface area contributed by atoms with Crippen molar-refractivity contribution >= 4 is 11.8 Å². The first kappa shape index (κ1) is 16.3. The van der Waals surface area contributed by atoms with Gasteiger partial charge in [0.05, 0.1) is 12.1 Å². The van der Waals surface area contributed by atoms with E-state index in [4.69, 9.17) is 9.47 Å². The van der Waals surface area contributed by atoms with E-state index in [0.717, 1.165) is 12.8 Å². The van der Waals surface area contributed by atoms with Crippen LogP contribution in [-0.2, 0) is 19.1 Å². The van der Waals surface area contributed by atoms with E-state index in [1.165, 1.54) is 0 Å². The Morgan fingerprint density at radius 3 is 1.50 bits per heavy atom. The number of carbonyl (C=O) groups excluding carboxylic acids is 2. The number of hydrogen-bond donors (Lipinski definition) is 0. The molecule has 2 amide bonds. The van der Waals surface area contributed by atoms with Gasteiger partial charge in [0.25, 0.3) is 0 Å². The lowest BCUT2D eigenvalue weighted by Gasteiger charge is -2.41. The van der Waals surface area contributed by atoms with Gasteiger partial charge in [-0.1, -0.05) is 0 Å². The van der Waals surface area contributed by atoms with E-state index in [1.54, 1.807) is 28.1 Å². The summed E-state index contributed by atoms with van der Waals surface area (Å²) in [4.78, 5) is 33.4. The summed E-state index contributed by atoms with van der Waals surface area (Å²) in [7, 11) is 3.36. The lowest BCUT2D eigenvalue weighted by atomic mass is 9.82. The number of methoxy groups -OCH3 is 2. The van der Waals surface area contributed by atoms with Crippen molar-refractivity contribution in [2.45, 2.75) is 63.2 Å². The van der Waals surface area contributed by atoms with Gasteiger partial charge in [-0.25, -0.2) is 0 Å². The van der Waals surface area contributed by atoms with E-state index in [-0.39, 0.29) is 36.2 Å². The molecule has 0 spiro atoms. The summed E-state index contributed by atoms with van der Waals surface area (Å²) < 4.78 is 10.9. The third-order valence-electron chi connectivity index (χ3n) is 6.22. The highest BCUT2D eigenvalue weighted by Gasteiger charge is 2.67. The highest BCUT2D eigenvalue weighted by Crippen LogP contribution is 2.51. The Morgan fingerprint density at radius 1 is 0.792 bits per heavy atom. The smallest absolute Gasteiger partial charge is 0.221 e. The molecule has 4 aliphatic heterocycles. The molecule has 0 aromatic carbocycles. The monoisotopic (exact) mass is 338 g/mol. The molecule has 0 radical (unpaired) electrons. The Bertz CT molecular complexity index is 512. The summed E-state index contributed by atoms with van der Waals surface area (Å²) in [5, 5.41) is 0. The van der Waals surface area contributed by atoms with Crippen molar-refractivity contribution < 1.29 is 19.1 Å². The average molecular weight is 338 g/mol. The van der Waals surface area contributed by atoms with E-state index in [2.05, 4.69) is 9.80 Å². The van der Waals surface area contributed by atoms with Crippen molar-refractivity contribution in [1.29, 1.82) is 0 Å². The Labute approximate surface area is 142 Å². The number of hydrogen-bond acceptors (Lipinski definition) is 6. The lowest BCUT2D eigenvalue weighted by molar-refractivity contribution is -0.146. The zero-order valence-corrected chi connectivity index (χ0v) is 14.7. The molecule has 6 unspecified atom stereocenters. The van der Waals surface area contributed by atoms with Crippen molar-refractivity contribution in [2.24, 2.45) is 0 Å². The standard InChI is InChI=1S/C16H26N4O4/c1-9(21)19-13-6-14-12-5-11(13)17(7-23-3)15(19)16(18(12)8-24-4)20(14)10(2)22/h11-16H,5-8H2,1-4H3. The first-order valence-corrected chi connectivity index (χ1v) is 8.58. The molecular weight excluding hydrogens is 312 g/mol. The van der Waals surface area contributed by atoms with Gasteiger partial charge in [-0.15, -0.1) is 0 Å². The molecule has 1 saturated carbocycles. The maximum atomic E-state index is 12.4. The first-order valence-electron chi connectivity index (χ1n) is 8.58. The minimum absolute atomic E-state index is 0.0699. The number of amides is 2. The minimum Gasteiger partial charge on any atom is -0.369 e. The van der Waals surface area contributed by atoms with Crippen LogP contribution in [0, 0.1) is 0 Å². The molecule has 0 N–H and O–H groups in total. The van der Waals surface area contributed by atoms with Gasteiger partial charge >= 0.3 is 0 Å². The number of ether oxygens (including phenoxy) is 2. The summed E-state index contributed by atoms with van der Waals surface area (Å²) in [5.41, 5.74) is 0. The Kier molecular flexibility index (Phi) is 3.83. The highest BCUT2D eigenvalue weighted by atomic mass is 16.5. The SMILES string of the molecule is COCN1C2CC3C4CC2N(C(C)=O)C1C(N3COC)N4C(C)=O. The Morgan fingerprint density at radius 2 is 1.17 bits per heavy atom. The van der Waals surface area contributed by atoms with Gasteiger partial charge in [0.2, 0.25) is 11.8 Å². The van der Waals surface area contributed by atoms with Gasteiger partial charge in [0.1, 0.15) is 25.8 Å². The van der Waals surface area contributed by atoms with E-state index < -0.39 is 0 Å². The zero-order valence-electron chi connectivity index (χ0n) is 14.7. The van der Waals surface area contributed by atoms with Crippen LogP contribution in [0.4, 0.5) is 0 Å². The molecule has 1 aliphatic carbocycles. The summed E-state index contributed by atoms with van der Waals surface area (Å²) in [5.74, 6) is 0.140. The van der Waals surface area contributed by atoms with Crippen molar-refractivity contribution in [2.75, 3.05) is 27.7 Å². The van der Waals surface area contributed by atoms with Crippen molar-refractivity contribution in [3.05, 3.63) is 0 Å². The molecule has 8 heteroatoms. The van der Waals surface area contributed by atoms with Crippen molar-refractivity contribution in [3.8, 4) is 0 Å². The maximum Gasteiger partial charge on any atom is 0.221 e. The maximum absolute atomic E-state index is 12.4. The summed E-state index contributed by atoms with van der Waals surface area (Å²) >= 11 is 0. The van der Waals surface area contributed by atoms with Crippen LogP contribution < -0.4 is 0 Å². The average Bonchev–Trinajstić information content (AvgIpc) is 2.89. The molecule has 8 nitrogen and oxygen atoms in total. The predicted octanol–water partition coefficient (Wildman–Crippen LogP) is -0.544. The largest absolute Gasteiger partial charge is 0.369 e. The molecule has 4 heterocycles. The second kappa shape index (κ2) is 5.66. The Hall–Kier alpha value is -1.22. The quantitative estimate of drug-likeness (QED) is 0.686. The second-order valence-corrected chi connectivity index (χ2v) is 7.28. The fourth-order valence-corrected chi connectivity index (χ4v) is 5.65. The molecule has 6 bridgehead atoms. The van der Waals surface area contributed by atoms with Gasteiger partial charge in [0.15, 0.2) is 0 Å². The van der Waals surface area contributed by atoms with Gasteiger partial charge in [-0.3, -0.25) is 19.4 Å². The van der Waals surface area contributed by atoms with Crippen molar-refractivity contribution in [3.63, 3.8) is 0 Å². The van der Waals surface area contributed by atoms with E-state index in [9.17, 15) is 9.59 Å². The topological polar surface area (TPSA) is 65.6 Å². The molecule has 0 aromatic heterocycles. The van der Waals surface area contributed by atoms with E-state index >= 15 is 0 Å². The van der Waals surface area contributed by atoms with Gasteiger partial charge < -0.3 is 19.3 Å². The molecule has 24 heavy (non-hydrogen) atoms. The fraction of sp³-hybridized carbons (Fsp3) is 0.875. The van der Waals surface area contributed by atoms with E-state index in [1.807, 2.05) is 9.80 Å². The second-order valence-electron chi connectivity index (χ2n) is 7.28. The molecule has 0 aromatic rings. The predicted molar refractivity (Wildman–Crippen MR) is 84.4 cm³/mol. The molecule has 134 valence electrons. The summed E-state index contributed by atoms with van der Waals surface area (Å²) in [6, 6.07) is 0.915. The number of rotatable bonds is 4. The highest BCUT2D eigenvalue weighted by molar-refractivity contribution is 5.77. The Balaban J connectivity index is 1.83. The zero-order chi connectivity index (χ0) is 17.2. The normalized spacial score (nSPS) is 40.7. The number of nitrogens with zero attached hydrogens (tertiary/aromatic N) is 4.